The van der Waals surface area contributed by atoms with Crippen LogP contribution in [0.5, 0.6) is 0 Å². The molecule has 1 aliphatic carbocycles. The summed E-state index contributed by atoms with van der Waals surface area (Å²) in [5.74, 6) is 0.782. The van der Waals surface area contributed by atoms with Gasteiger partial charge in [-0.05, 0) is 18.3 Å². The van der Waals surface area contributed by atoms with Crippen LogP contribution in [-0.2, 0) is 4.74 Å². The standard InChI is InChI=1S/C10H19NO/c1-12-7-9-6-11-8-10(9)4-2-3-5-10/h9,11H,2-8H2,1H3. The van der Waals surface area contributed by atoms with Crippen molar-refractivity contribution in [2.45, 2.75) is 25.7 Å². The van der Waals surface area contributed by atoms with Gasteiger partial charge < -0.3 is 10.1 Å². The van der Waals surface area contributed by atoms with Crippen molar-refractivity contribution in [3.05, 3.63) is 0 Å². The lowest BCUT2D eigenvalue weighted by Gasteiger charge is -2.29. The van der Waals surface area contributed by atoms with Crippen molar-refractivity contribution < 1.29 is 4.74 Å². The van der Waals surface area contributed by atoms with E-state index in [1.807, 2.05) is 7.11 Å². The molecule has 1 heterocycles. The zero-order valence-corrected chi connectivity index (χ0v) is 7.94. The minimum Gasteiger partial charge on any atom is -0.384 e. The maximum Gasteiger partial charge on any atom is 0.0508 e. The number of methoxy groups -OCH3 is 1. The summed E-state index contributed by atoms with van der Waals surface area (Å²) in [7, 11) is 1.82. The van der Waals surface area contributed by atoms with Gasteiger partial charge in [-0.25, -0.2) is 0 Å². The molecule has 0 aromatic heterocycles. The molecule has 1 saturated carbocycles. The van der Waals surface area contributed by atoms with Crippen molar-refractivity contribution >= 4 is 0 Å². The molecule has 2 rings (SSSR count). The number of rotatable bonds is 2. The summed E-state index contributed by atoms with van der Waals surface area (Å²) >= 11 is 0. The van der Waals surface area contributed by atoms with Crippen molar-refractivity contribution in [2.24, 2.45) is 11.3 Å². The minimum atomic E-state index is 0.621. The van der Waals surface area contributed by atoms with Gasteiger partial charge in [0.2, 0.25) is 0 Å². The van der Waals surface area contributed by atoms with Crippen molar-refractivity contribution in [2.75, 3.05) is 26.8 Å². The van der Waals surface area contributed by atoms with E-state index in [0.717, 1.165) is 12.5 Å². The highest BCUT2D eigenvalue weighted by atomic mass is 16.5. The summed E-state index contributed by atoms with van der Waals surface area (Å²) in [6.07, 6.45) is 5.71. The molecule has 1 atom stereocenters. The molecule has 70 valence electrons. The molecule has 0 amide bonds. The Bertz CT molecular complexity index is 146. The molecule has 12 heavy (non-hydrogen) atoms. The Morgan fingerprint density at radius 1 is 1.42 bits per heavy atom. The predicted molar refractivity (Wildman–Crippen MR) is 49.1 cm³/mol. The summed E-state index contributed by atoms with van der Waals surface area (Å²) in [4.78, 5) is 0. The molecule has 1 spiro atoms. The Labute approximate surface area is 74.7 Å². The van der Waals surface area contributed by atoms with Crippen molar-refractivity contribution in [3.8, 4) is 0 Å². The van der Waals surface area contributed by atoms with E-state index in [2.05, 4.69) is 5.32 Å². The van der Waals surface area contributed by atoms with Crippen molar-refractivity contribution in [3.63, 3.8) is 0 Å². The summed E-state index contributed by atoms with van der Waals surface area (Å²) in [5.41, 5.74) is 0.621. The van der Waals surface area contributed by atoms with Crippen LogP contribution in [0.1, 0.15) is 25.7 Å². The molecule has 1 unspecified atom stereocenters. The Hall–Kier alpha value is -0.0800. The van der Waals surface area contributed by atoms with Crippen LogP contribution in [0, 0.1) is 11.3 Å². The predicted octanol–water partition coefficient (Wildman–Crippen LogP) is 1.41. The number of hydrogen-bond donors (Lipinski definition) is 1. The Morgan fingerprint density at radius 3 is 2.83 bits per heavy atom. The first kappa shape index (κ1) is 8.52. The van der Waals surface area contributed by atoms with Gasteiger partial charge in [0.05, 0.1) is 6.61 Å². The average molecular weight is 169 g/mol. The first-order valence-corrected chi connectivity index (χ1v) is 5.07. The smallest absolute Gasteiger partial charge is 0.0508 e. The molecule has 2 nitrogen and oxygen atoms in total. The van der Waals surface area contributed by atoms with Crippen LogP contribution in [0.15, 0.2) is 0 Å². The number of nitrogens with one attached hydrogen (secondary N) is 1. The summed E-state index contributed by atoms with van der Waals surface area (Å²) in [6, 6.07) is 0. The molecule has 1 saturated heterocycles. The van der Waals surface area contributed by atoms with E-state index in [4.69, 9.17) is 4.74 Å². The molecule has 0 radical (unpaired) electrons. The lowest BCUT2D eigenvalue weighted by Crippen LogP contribution is -2.29. The van der Waals surface area contributed by atoms with Crippen LogP contribution in [0.2, 0.25) is 0 Å². The molecule has 0 aromatic carbocycles. The second kappa shape index (κ2) is 3.35. The van der Waals surface area contributed by atoms with Gasteiger partial charge in [-0.1, -0.05) is 12.8 Å². The maximum absolute atomic E-state index is 5.27. The van der Waals surface area contributed by atoms with Gasteiger partial charge in [0.1, 0.15) is 0 Å². The van der Waals surface area contributed by atoms with Gasteiger partial charge in [0.15, 0.2) is 0 Å². The van der Waals surface area contributed by atoms with E-state index in [-0.39, 0.29) is 0 Å². The first-order valence-electron chi connectivity index (χ1n) is 5.07. The molecule has 0 aromatic rings. The molecular weight excluding hydrogens is 150 g/mol. The quantitative estimate of drug-likeness (QED) is 0.675. The molecule has 2 aliphatic rings. The molecule has 2 fully saturated rings. The van der Waals surface area contributed by atoms with Gasteiger partial charge in [-0.2, -0.15) is 0 Å². The molecule has 1 N–H and O–H groups in total. The topological polar surface area (TPSA) is 21.3 Å². The lowest BCUT2D eigenvalue weighted by molar-refractivity contribution is 0.0968. The molecule has 1 aliphatic heterocycles. The van der Waals surface area contributed by atoms with E-state index in [1.54, 1.807) is 0 Å². The molecular formula is C10H19NO. The van der Waals surface area contributed by atoms with Gasteiger partial charge >= 0.3 is 0 Å². The Kier molecular flexibility index (Phi) is 2.37. The fraction of sp³-hybridized carbons (Fsp3) is 1.00. The van der Waals surface area contributed by atoms with E-state index < -0.39 is 0 Å². The van der Waals surface area contributed by atoms with Crippen LogP contribution in [0.3, 0.4) is 0 Å². The van der Waals surface area contributed by atoms with Crippen molar-refractivity contribution in [1.29, 1.82) is 0 Å². The third-order valence-electron chi connectivity index (χ3n) is 3.70. The van der Waals surface area contributed by atoms with Crippen LogP contribution in [-0.4, -0.2) is 26.8 Å². The normalized spacial score (nSPS) is 33.2. The van der Waals surface area contributed by atoms with Crippen LogP contribution >= 0.6 is 0 Å². The highest BCUT2D eigenvalue weighted by molar-refractivity contribution is 4.97. The summed E-state index contributed by atoms with van der Waals surface area (Å²) in [5, 5.41) is 3.51. The van der Waals surface area contributed by atoms with Crippen LogP contribution < -0.4 is 5.32 Å². The van der Waals surface area contributed by atoms with Gasteiger partial charge in [-0.15, -0.1) is 0 Å². The fourth-order valence-electron chi connectivity index (χ4n) is 2.96. The highest BCUT2D eigenvalue weighted by Gasteiger charge is 2.44. The van der Waals surface area contributed by atoms with Gasteiger partial charge in [0, 0.05) is 26.1 Å². The zero-order valence-electron chi connectivity index (χ0n) is 7.94. The van der Waals surface area contributed by atoms with Crippen molar-refractivity contribution in [1.82, 2.24) is 5.32 Å². The maximum atomic E-state index is 5.27. The Balaban J connectivity index is 2.01. The highest BCUT2D eigenvalue weighted by Crippen LogP contribution is 2.46. The van der Waals surface area contributed by atoms with Crippen LogP contribution in [0.4, 0.5) is 0 Å². The SMILES string of the molecule is COCC1CNCC12CCCC2. The largest absolute Gasteiger partial charge is 0.384 e. The van der Waals surface area contributed by atoms with E-state index >= 15 is 0 Å². The monoisotopic (exact) mass is 169 g/mol. The third kappa shape index (κ3) is 1.27. The zero-order chi connectivity index (χ0) is 8.44. The molecule has 0 bridgehead atoms. The number of hydrogen-bond acceptors (Lipinski definition) is 2. The summed E-state index contributed by atoms with van der Waals surface area (Å²) in [6.45, 7) is 3.36. The second-order valence-electron chi connectivity index (χ2n) is 4.35. The molecule has 2 heteroatoms. The average Bonchev–Trinajstić information content (AvgIpc) is 2.66. The fourth-order valence-corrected chi connectivity index (χ4v) is 2.96. The lowest BCUT2D eigenvalue weighted by atomic mass is 9.77. The van der Waals surface area contributed by atoms with Gasteiger partial charge in [-0.3, -0.25) is 0 Å². The van der Waals surface area contributed by atoms with Crippen LogP contribution in [0.25, 0.3) is 0 Å². The van der Waals surface area contributed by atoms with E-state index in [1.165, 1.54) is 38.8 Å². The summed E-state index contributed by atoms with van der Waals surface area (Å²) < 4.78 is 5.27. The minimum absolute atomic E-state index is 0.621. The van der Waals surface area contributed by atoms with Gasteiger partial charge in [0.25, 0.3) is 0 Å². The second-order valence-corrected chi connectivity index (χ2v) is 4.35. The number of ether oxygens (including phenoxy) is 1. The van der Waals surface area contributed by atoms with E-state index in [0.29, 0.717) is 5.41 Å². The van der Waals surface area contributed by atoms with E-state index in [9.17, 15) is 0 Å². The third-order valence-corrected chi connectivity index (χ3v) is 3.70. The first-order chi connectivity index (χ1) is 5.87. The Morgan fingerprint density at radius 2 is 2.17 bits per heavy atom.